The Morgan fingerprint density at radius 1 is 1.25 bits per heavy atom. The van der Waals surface area contributed by atoms with Crippen molar-refractivity contribution < 1.29 is 0 Å². The van der Waals surface area contributed by atoms with Gasteiger partial charge in [0.1, 0.15) is 0 Å². The predicted molar refractivity (Wildman–Crippen MR) is 83.8 cm³/mol. The zero-order chi connectivity index (χ0) is 13.9. The number of hydrogen-bond donors (Lipinski definition) is 1. The van der Waals surface area contributed by atoms with Crippen LogP contribution in [0.2, 0.25) is 0 Å². The first-order valence-corrected chi connectivity index (χ1v) is 7.53. The SMILES string of the molecule is CNCC1Cc2ccccc2CN1c1ncc(Br)cn1. The lowest BCUT2D eigenvalue weighted by molar-refractivity contribution is 0.518. The average Bonchev–Trinajstić information content (AvgIpc) is 2.48. The molecule has 20 heavy (non-hydrogen) atoms. The van der Waals surface area contributed by atoms with E-state index in [9.17, 15) is 0 Å². The van der Waals surface area contributed by atoms with E-state index >= 15 is 0 Å². The van der Waals surface area contributed by atoms with Crippen molar-refractivity contribution in [2.24, 2.45) is 0 Å². The summed E-state index contributed by atoms with van der Waals surface area (Å²) in [4.78, 5) is 11.2. The molecular weight excluding hydrogens is 316 g/mol. The summed E-state index contributed by atoms with van der Waals surface area (Å²) in [6.45, 7) is 1.79. The summed E-state index contributed by atoms with van der Waals surface area (Å²) in [6.07, 6.45) is 4.63. The fourth-order valence-corrected chi connectivity index (χ4v) is 2.90. The largest absolute Gasteiger partial charge is 0.332 e. The van der Waals surface area contributed by atoms with Crippen molar-refractivity contribution in [3.8, 4) is 0 Å². The van der Waals surface area contributed by atoms with E-state index in [1.165, 1.54) is 11.1 Å². The van der Waals surface area contributed by atoms with Crippen LogP contribution in [0.4, 0.5) is 5.95 Å². The first-order chi connectivity index (χ1) is 9.78. The molecule has 0 aliphatic carbocycles. The van der Waals surface area contributed by atoms with Gasteiger partial charge in [0.25, 0.3) is 0 Å². The number of nitrogens with zero attached hydrogens (tertiary/aromatic N) is 3. The van der Waals surface area contributed by atoms with Gasteiger partial charge in [0.2, 0.25) is 5.95 Å². The third kappa shape index (κ3) is 2.69. The molecule has 0 amide bonds. The van der Waals surface area contributed by atoms with E-state index in [-0.39, 0.29) is 0 Å². The molecule has 4 nitrogen and oxygen atoms in total. The number of aromatic nitrogens is 2. The summed E-state index contributed by atoms with van der Waals surface area (Å²) in [5.41, 5.74) is 2.80. The Balaban J connectivity index is 1.93. The molecule has 0 spiro atoms. The summed E-state index contributed by atoms with van der Waals surface area (Å²) >= 11 is 3.39. The average molecular weight is 333 g/mol. The third-order valence-corrected chi connectivity index (χ3v) is 4.07. The predicted octanol–water partition coefficient (Wildman–Crippen LogP) is 2.39. The van der Waals surface area contributed by atoms with Crippen molar-refractivity contribution in [1.82, 2.24) is 15.3 Å². The highest BCUT2D eigenvalue weighted by Gasteiger charge is 2.27. The second-order valence-corrected chi connectivity index (χ2v) is 5.93. The molecule has 2 heterocycles. The van der Waals surface area contributed by atoms with Gasteiger partial charge in [-0.1, -0.05) is 24.3 Å². The van der Waals surface area contributed by atoms with Gasteiger partial charge in [-0.2, -0.15) is 0 Å². The summed E-state index contributed by atoms with van der Waals surface area (Å²) in [5.74, 6) is 0.794. The van der Waals surface area contributed by atoms with Gasteiger partial charge in [0, 0.05) is 31.5 Å². The second-order valence-electron chi connectivity index (χ2n) is 5.01. The second kappa shape index (κ2) is 5.89. The molecule has 0 fully saturated rings. The van der Waals surface area contributed by atoms with Gasteiger partial charge in [-0.25, -0.2) is 9.97 Å². The van der Waals surface area contributed by atoms with Crippen LogP contribution >= 0.6 is 15.9 Å². The van der Waals surface area contributed by atoms with Gasteiger partial charge >= 0.3 is 0 Å². The molecule has 0 saturated heterocycles. The summed E-state index contributed by atoms with van der Waals surface area (Å²) in [7, 11) is 1.99. The minimum absolute atomic E-state index is 0.385. The highest BCUT2D eigenvalue weighted by molar-refractivity contribution is 9.10. The van der Waals surface area contributed by atoms with E-state index in [2.05, 4.69) is 60.4 Å². The molecule has 5 heteroatoms. The van der Waals surface area contributed by atoms with Crippen LogP contribution in [0, 0.1) is 0 Å². The van der Waals surface area contributed by atoms with Gasteiger partial charge in [-0.3, -0.25) is 0 Å². The molecule has 1 atom stereocenters. The standard InChI is InChI=1S/C15H17BrN4/c1-17-9-14-6-11-4-2-3-5-12(11)10-20(14)15-18-7-13(16)8-19-15/h2-5,7-8,14,17H,6,9-10H2,1H3. The van der Waals surface area contributed by atoms with Crippen LogP contribution in [0.5, 0.6) is 0 Å². The Kier molecular flexibility index (Phi) is 3.98. The van der Waals surface area contributed by atoms with Crippen LogP contribution in [0.15, 0.2) is 41.1 Å². The van der Waals surface area contributed by atoms with E-state index in [0.29, 0.717) is 6.04 Å². The van der Waals surface area contributed by atoms with E-state index in [1.54, 1.807) is 12.4 Å². The zero-order valence-electron chi connectivity index (χ0n) is 11.4. The third-order valence-electron chi connectivity index (χ3n) is 3.66. The fourth-order valence-electron chi connectivity index (χ4n) is 2.69. The number of fused-ring (bicyclic) bond motifs is 1. The van der Waals surface area contributed by atoms with Crippen molar-refractivity contribution in [2.75, 3.05) is 18.5 Å². The first kappa shape index (κ1) is 13.5. The number of rotatable bonds is 3. The molecule has 0 bridgehead atoms. The minimum Gasteiger partial charge on any atom is -0.332 e. The van der Waals surface area contributed by atoms with Crippen LogP contribution in [0.1, 0.15) is 11.1 Å². The van der Waals surface area contributed by atoms with Crippen LogP contribution < -0.4 is 10.2 Å². The van der Waals surface area contributed by atoms with Crippen LogP contribution in [0.3, 0.4) is 0 Å². The van der Waals surface area contributed by atoms with Crippen molar-refractivity contribution in [3.63, 3.8) is 0 Å². The lowest BCUT2D eigenvalue weighted by Crippen LogP contribution is -2.46. The Morgan fingerprint density at radius 3 is 2.65 bits per heavy atom. The number of hydrogen-bond acceptors (Lipinski definition) is 4. The number of halogens is 1. The molecule has 1 unspecified atom stereocenters. The molecule has 0 saturated carbocycles. The summed E-state index contributed by atoms with van der Waals surface area (Å²) < 4.78 is 0.906. The lowest BCUT2D eigenvalue weighted by Gasteiger charge is -2.37. The number of nitrogens with one attached hydrogen (secondary N) is 1. The molecule has 1 aromatic carbocycles. The van der Waals surface area contributed by atoms with Crippen molar-refractivity contribution in [2.45, 2.75) is 19.0 Å². The molecule has 3 rings (SSSR count). The van der Waals surface area contributed by atoms with Gasteiger partial charge in [-0.15, -0.1) is 0 Å². The molecule has 1 aliphatic heterocycles. The monoisotopic (exact) mass is 332 g/mol. The van der Waals surface area contributed by atoms with Gasteiger partial charge in [0.05, 0.1) is 4.47 Å². The maximum atomic E-state index is 4.45. The quantitative estimate of drug-likeness (QED) is 0.936. The maximum absolute atomic E-state index is 4.45. The van der Waals surface area contributed by atoms with Crippen LogP contribution in [-0.2, 0) is 13.0 Å². The van der Waals surface area contributed by atoms with Crippen LogP contribution in [0.25, 0.3) is 0 Å². The number of anilines is 1. The first-order valence-electron chi connectivity index (χ1n) is 6.73. The van der Waals surface area contributed by atoms with Gasteiger partial charge in [-0.05, 0) is 40.5 Å². The molecule has 104 valence electrons. The number of benzene rings is 1. The molecule has 1 N–H and O–H groups in total. The highest BCUT2D eigenvalue weighted by Crippen LogP contribution is 2.26. The zero-order valence-corrected chi connectivity index (χ0v) is 13.0. The minimum atomic E-state index is 0.385. The Labute approximate surface area is 127 Å². The van der Waals surface area contributed by atoms with E-state index in [0.717, 1.165) is 29.9 Å². The fraction of sp³-hybridized carbons (Fsp3) is 0.333. The van der Waals surface area contributed by atoms with Gasteiger partial charge in [0.15, 0.2) is 0 Å². The number of likely N-dealkylation sites (N-methyl/N-ethyl adjacent to an activating group) is 1. The Bertz CT molecular complexity index is 585. The van der Waals surface area contributed by atoms with Crippen molar-refractivity contribution >= 4 is 21.9 Å². The molecule has 1 aromatic heterocycles. The summed E-state index contributed by atoms with van der Waals surface area (Å²) in [6, 6.07) is 9.00. The lowest BCUT2D eigenvalue weighted by atomic mass is 9.94. The molecule has 1 aliphatic rings. The van der Waals surface area contributed by atoms with Crippen LogP contribution in [-0.4, -0.2) is 29.6 Å². The molecule has 2 aromatic rings. The molecular formula is C15H17BrN4. The normalized spacial score (nSPS) is 17.9. The van der Waals surface area contributed by atoms with E-state index in [1.807, 2.05) is 7.05 Å². The summed E-state index contributed by atoms with van der Waals surface area (Å²) in [5, 5.41) is 3.27. The smallest absolute Gasteiger partial charge is 0.225 e. The van der Waals surface area contributed by atoms with E-state index < -0.39 is 0 Å². The van der Waals surface area contributed by atoms with E-state index in [4.69, 9.17) is 0 Å². The Hall–Kier alpha value is -1.46. The Morgan fingerprint density at radius 2 is 1.95 bits per heavy atom. The van der Waals surface area contributed by atoms with Gasteiger partial charge < -0.3 is 10.2 Å². The van der Waals surface area contributed by atoms with Crippen molar-refractivity contribution in [3.05, 3.63) is 52.3 Å². The van der Waals surface area contributed by atoms with Crippen molar-refractivity contribution in [1.29, 1.82) is 0 Å². The highest BCUT2D eigenvalue weighted by atomic mass is 79.9. The topological polar surface area (TPSA) is 41.0 Å². The maximum Gasteiger partial charge on any atom is 0.225 e. The molecule has 0 radical (unpaired) electrons.